The van der Waals surface area contributed by atoms with Crippen LogP contribution in [0.15, 0.2) is 24.3 Å². The molecule has 0 aliphatic rings. The van der Waals surface area contributed by atoms with Crippen molar-refractivity contribution in [2.24, 2.45) is 11.8 Å². The Bertz CT molecular complexity index is 512. The van der Waals surface area contributed by atoms with Crippen LogP contribution in [0.3, 0.4) is 0 Å². The molecule has 0 saturated heterocycles. The molecular formula is C14H17BrN2O3. The second kappa shape index (κ2) is 6.76. The predicted octanol–water partition coefficient (Wildman–Crippen LogP) is 2.14. The van der Waals surface area contributed by atoms with Crippen molar-refractivity contribution in [1.29, 1.82) is 0 Å². The molecule has 0 spiro atoms. The number of carbonyl (C=O) groups is 3. The molecule has 0 aliphatic heterocycles. The number of Topliss-reactive ketones (excluding diaryl/α,β-unsaturated/α-hetero) is 2. The van der Waals surface area contributed by atoms with Crippen LogP contribution in [0.1, 0.15) is 31.2 Å². The number of hydrogen-bond donors (Lipinski definition) is 1. The molecule has 0 aliphatic carbocycles. The zero-order valence-electron chi connectivity index (χ0n) is 11.6. The summed E-state index contributed by atoms with van der Waals surface area (Å²) in [7, 11) is 0. The van der Waals surface area contributed by atoms with Gasteiger partial charge in [-0.2, -0.15) is 0 Å². The molecule has 0 bridgehead atoms. The summed E-state index contributed by atoms with van der Waals surface area (Å²) < 4.78 is 0. The lowest BCUT2D eigenvalue weighted by Crippen LogP contribution is -2.46. The third-order valence-electron chi connectivity index (χ3n) is 2.93. The normalized spacial score (nSPS) is 12.1. The second-order valence-corrected chi connectivity index (χ2v) is 5.94. The molecule has 0 heterocycles. The topological polar surface area (TPSA) is 80.5 Å². The first kappa shape index (κ1) is 16.5. The van der Waals surface area contributed by atoms with Gasteiger partial charge < -0.3 is 0 Å². The van der Waals surface area contributed by atoms with E-state index in [0.717, 1.165) is 10.6 Å². The number of amides is 1. The van der Waals surface area contributed by atoms with E-state index in [4.69, 9.17) is 5.84 Å². The highest BCUT2D eigenvalue weighted by molar-refractivity contribution is 9.09. The first-order valence-corrected chi connectivity index (χ1v) is 7.01. The van der Waals surface area contributed by atoms with Gasteiger partial charge in [0.15, 0.2) is 5.92 Å². The van der Waals surface area contributed by atoms with Gasteiger partial charge in [-0.15, -0.1) is 0 Å². The van der Waals surface area contributed by atoms with E-state index < -0.39 is 23.4 Å². The molecule has 0 saturated carbocycles. The number of halogens is 1. The highest BCUT2D eigenvalue weighted by Crippen LogP contribution is 2.24. The monoisotopic (exact) mass is 340 g/mol. The standard InChI is InChI=1S/C14H17BrN2O3/c1-8(15)11-4-6-12(7-5-11)17(16)14(20)13(9(2)18)10(3)19/h4-8,13H,16H2,1-3H3. The molecule has 1 rings (SSSR count). The zero-order valence-corrected chi connectivity index (χ0v) is 13.2. The van der Waals surface area contributed by atoms with Crippen molar-refractivity contribution in [3.8, 4) is 0 Å². The number of benzene rings is 1. The van der Waals surface area contributed by atoms with E-state index in [1.807, 2.05) is 19.1 Å². The molecule has 1 unspecified atom stereocenters. The maximum atomic E-state index is 12.1. The molecule has 1 atom stereocenters. The van der Waals surface area contributed by atoms with E-state index in [9.17, 15) is 14.4 Å². The number of alkyl halides is 1. The van der Waals surface area contributed by atoms with Gasteiger partial charge in [-0.25, -0.2) is 10.9 Å². The SMILES string of the molecule is CC(=O)C(C(C)=O)C(=O)N(N)c1ccc(C(C)Br)cc1. The fraction of sp³-hybridized carbons (Fsp3) is 0.357. The molecular weight excluding hydrogens is 324 g/mol. The quantitative estimate of drug-likeness (QED) is 0.293. The van der Waals surface area contributed by atoms with Crippen LogP contribution in [0.2, 0.25) is 0 Å². The Morgan fingerprint density at radius 3 is 1.90 bits per heavy atom. The highest BCUT2D eigenvalue weighted by Gasteiger charge is 2.31. The second-order valence-electron chi connectivity index (χ2n) is 4.57. The van der Waals surface area contributed by atoms with E-state index in [-0.39, 0.29) is 4.83 Å². The minimum atomic E-state index is -1.34. The number of nitrogens with two attached hydrogens (primary N) is 1. The first-order valence-electron chi connectivity index (χ1n) is 6.09. The van der Waals surface area contributed by atoms with E-state index in [0.29, 0.717) is 5.69 Å². The van der Waals surface area contributed by atoms with Crippen molar-refractivity contribution in [2.45, 2.75) is 25.6 Å². The van der Waals surface area contributed by atoms with Gasteiger partial charge in [-0.05, 0) is 38.5 Å². The molecule has 1 aromatic rings. The van der Waals surface area contributed by atoms with Crippen LogP contribution >= 0.6 is 15.9 Å². The molecule has 108 valence electrons. The van der Waals surface area contributed by atoms with Gasteiger partial charge in [-0.1, -0.05) is 28.1 Å². The van der Waals surface area contributed by atoms with Crippen LogP contribution in [0.5, 0.6) is 0 Å². The summed E-state index contributed by atoms with van der Waals surface area (Å²) in [6.45, 7) is 4.38. The molecule has 6 heteroatoms. The highest BCUT2D eigenvalue weighted by atomic mass is 79.9. The van der Waals surface area contributed by atoms with Crippen molar-refractivity contribution in [2.75, 3.05) is 5.01 Å². The molecule has 0 fully saturated rings. The Hall–Kier alpha value is -1.53. The van der Waals surface area contributed by atoms with Gasteiger partial charge in [0.1, 0.15) is 11.6 Å². The predicted molar refractivity (Wildman–Crippen MR) is 80.3 cm³/mol. The van der Waals surface area contributed by atoms with E-state index in [2.05, 4.69) is 15.9 Å². The van der Waals surface area contributed by atoms with E-state index in [1.165, 1.54) is 13.8 Å². The molecule has 20 heavy (non-hydrogen) atoms. The maximum absolute atomic E-state index is 12.1. The van der Waals surface area contributed by atoms with Gasteiger partial charge >= 0.3 is 0 Å². The lowest BCUT2D eigenvalue weighted by Gasteiger charge is -2.20. The molecule has 0 radical (unpaired) electrons. The van der Waals surface area contributed by atoms with E-state index in [1.54, 1.807) is 12.1 Å². The molecule has 1 aromatic carbocycles. The summed E-state index contributed by atoms with van der Waals surface area (Å²) in [5, 5.41) is 0.843. The lowest BCUT2D eigenvalue weighted by atomic mass is 9.99. The van der Waals surface area contributed by atoms with Crippen molar-refractivity contribution < 1.29 is 14.4 Å². The summed E-state index contributed by atoms with van der Waals surface area (Å²) in [6, 6.07) is 6.97. The number of ketones is 2. The Morgan fingerprint density at radius 1 is 1.10 bits per heavy atom. The molecule has 0 aromatic heterocycles. The van der Waals surface area contributed by atoms with Crippen LogP contribution < -0.4 is 10.9 Å². The van der Waals surface area contributed by atoms with Crippen molar-refractivity contribution >= 4 is 39.1 Å². The minimum Gasteiger partial charge on any atom is -0.299 e. The average Bonchev–Trinajstić information content (AvgIpc) is 2.37. The third kappa shape index (κ3) is 3.74. The van der Waals surface area contributed by atoms with Crippen molar-refractivity contribution in [1.82, 2.24) is 0 Å². The zero-order chi connectivity index (χ0) is 15.4. The Morgan fingerprint density at radius 2 is 1.55 bits per heavy atom. The Balaban J connectivity index is 2.98. The van der Waals surface area contributed by atoms with Crippen LogP contribution in [-0.4, -0.2) is 17.5 Å². The first-order chi connectivity index (χ1) is 9.25. The summed E-state index contributed by atoms with van der Waals surface area (Å²) in [5.74, 6) is 2.63. The van der Waals surface area contributed by atoms with Gasteiger partial charge in [-0.3, -0.25) is 14.4 Å². The van der Waals surface area contributed by atoms with Crippen LogP contribution in [-0.2, 0) is 14.4 Å². The van der Waals surface area contributed by atoms with Crippen molar-refractivity contribution in [3.05, 3.63) is 29.8 Å². The number of carbonyl (C=O) groups excluding carboxylic acids is 3. The number of nitrogens with zero attached hydrogens (tertiary/aromatic N) is 1. The fourth-order valence-electron chi connectivity index (χ4n) is 1.80. The maximum Gasteiger partial charge on any atom is 0.259 e. The fourth-order valence-corrected chi connectivity index (χ4v) is 2.11. The molecule has 5 nitrogen and oxygen atoms in total. The molecule has 2 N–H and O–H groups in total. The summed E-state index contributed by atoms with van der Waals surface area (Å²) in [6.07, 6.45) is 0. The number of hydrogen-bond acceptors (Lipinski definition) is 4. The van der Waals surface area contributed by atoms with Crippen LogP contribution in [0.25, 0.3) is 0 Å². The number of hydrazine groups is 1. The number of rotatable bonds is 5. The Labute approximate surface area is 126 Å². The van der Waals surface area contributed by atoms with Gasteiger partial charge in [0.2, 0.25) is 0 Å². The van der Waals surface area contributed by atoms with Crippen LogP contribution in [0, 0.1) is 5.92 Å². The minimum absolute atomic E-state index is 0.181. The number of anilines is 1. The Kier molecular flexibility index (Phi) is 5.59. The summed E-state index contributed by atoms with van der Waals surface area (Å²) in [4.78, 5) is 35.0. The van der Waals surface area contributed by atoms with Crippen molar-refractivity contribution in [3.63, 3.8) is 0 Å². The summed E-state index contributed by atoms with van der Waals surface area (Å²) >= 11 is 3.43. The van der Waals surface area contributed by atoms with Crippen LogP contribution in [0.4, 0.5) is 5.69 Å². The summed E-state index contributed by atoms with van der Waals surface area (Å²) in [5.41, 5.74) is 1.46. The smallest absolute Gasteiger partial charge is 0.259 e. The molecule has 1 amide bonds. The van der Waals surface area contributed by atoms with Gasteiger partial charge in [0.05, 0.1) is 5.69 Å². The third-order valence-corrected chi connectivity index (χ3v) is 3.46. The van der Waals surface area contributed by atoms with Gasteiger partial charge in [0.25, 0.3) is 5.91 Å². The van der Waals surface area contributed by atoms with E-state index >= 15 is 0 Å². The van der Waals surface area contributed by atoms with Gasteiger partial charge in [0, 0.05) is 4.83 Å². The lowest BCUT2D eigenvalue weighted by molar-refractivity contribution is -0.138. The average molecular weight is 341 g/mol. The largest absolute Gasteiger partial charge is 0.299 e.